The molecule has 8 heteroatoms. The van der Waals surface area contributed by atoms with Crippen molar-refractivity contribution in [2.75, 3.05) is 5.32 Å². The normalized spacial score (nSPS) is 13.8. The molecule has 26 heavy (non-hydrogen) atoms. The van der Waals surface area contributed by atoms with Gasteiger partial charge in [-0.3, -0.25) is 9.36 Å². The predicted molar refractivity (Wildman–Crippen MR) is 109 cm³/mol. The molecule has 5 nitrogen and oxygen atoms in total. The minimum atomic E-state index is -0.0776. The lowest BCUT2D eigenvalue weighted by molar-refractivity contribution is -0.114. The van der Waals surface area contributed by atoms with Crippen molar-refractivity contribution in [2.45, 2.75) is 36.6 Å². The van der Waals surface area contributed by atoms with Gasteiger partial charge in [0.25, 0.3) is 0 Å². The van der Waals surface area contributed by atoms with E-state index in [1.165, 1.54) is 11.8 Å². The summed E-state index contributed by atoms with van der Waals surface area (Å²) in [5.74, 6) is 2.27. The second-order valence-electron chi connectivity index (χ2n) is 6.18. The van der Waals surface area contributed by atoms with Crippen LogP contribution >= 0.6 is 39.0 Å². The van der Waals surface area contributed by atoms with Crippen LogP contribution in [-0.2, 0) is 10.5 Å². The number of nitrogens with zero attached hydrogens (tertiary/aromatic N) is 3. The van der Waals surface area contributed by atoms with Gasteiger partial charge in [0, 0.05) is 29.2 Å². The molecule has 2 aromatic heterocycles. The Morgan fingerprint density at radius 1 is 1.35 bits per heavy atom. The van der Waals surface area contributed by atoms with E-state index in [2.05, 4.69) is 48.1 Å². The van der Waals surface area contributed by atoms with Crippen molar-refractivity contribution < 1.29 is 4.79 Å². The summed E-state index contributed by atoms with van der Waals surface area (Å²) in [5, 5.41) is 12.6. The van der Waals surface area contributed by atoms with Gasteiger partial charge >= 0.3 is 0 Å². The maximum atomic E-state index is 11.4. The fraction of sp³-hybridized carbons (Fsp3) is 0.278. The summed E-state index contributed by atoms with van der Waals surface area (Å²) in [5.41, 5.74) is 1.77. The number of rotatable bonds is 6. The zero-order valence-corrected chi connectivity index (χ0v) is 17.3. The van der Waals surface area contributed by atoms with Gasteiger partial charge in [0.2, 0.25) is 5.91 Å². The predicted octanol–water partition coefficient (Wildman–Crippen LogP) is 5.22. The number of halogens is 1. The standard InChI is InChI=1S/C18H17BrN4OS2/c1-11(24)20-13-3-2-4-14(9-13)23-17(12-5-6-12)21-22-18(23)25-10-15-7-8-16(19)26-15/h2-4,7-9,12H,5-6,10H2,1H3,(H,20,24). The molecule has 2 heterocycles. The fourth-order valence-corrected chi connectivity index (χ4v) is 5.20. The molecule has 1 aliphatic rings. The third kappa shape index (κ3) is 4.02. The zero-order chi connectivity index (χ0) is 18.1. The molecule has 1 fully saturated rings. The molecule has 3 aromatic rings. The van der Waals surface area contributed by atoms with Crippen molar-refractivity contribution in [2.24, 2.45) is 0 Å². The molecule has 0 atom stereocenters. The lowest BCUT2D eigenvalue weighted by atomic mass is 10.2. The van der Waals surface area contributed by atoms with Gasteiger partial charge in [-0.2, -0.15) is 0 Å². The monoisotopic (exact) mass is 448 g/mol. The third-order valence-corrected chi connectivity index (χ3v) is 6.78. The number of aromatic nitrogens is 3. The molecule has 0 radical (unpaired) electrons. The summed E-state index contributed by atoms with van der Waals surface area (Å²) in [6.07, 6.45) is 2.32. The van der Waals surface area contributed by atoms with Crippen LogP contribution in [0.2, 0.25) is 0 Å². The highest BCUT2D eigenvalue weighted by Gasteiger charge is 2.31. The highest BCUT2D eigenvalue weighted by molar-refractivity contribution is 9.11. The van der Waals surface area contributed by atoms with Crippen molar-refractivity contribution in [3.8, 4) is 5.69 Å². The molecule has 1 amide bonds. The Morgan fingerprint density at radius 3 is 2.88 bits per heavy atom. The number of benzene rings is 1. The Morgan fingerprint density at radius 2 is 2.19 bits per heavy atom. The average molecular weight is 449 g/mol. The summed E-state index contributed by atoms with van der Waals surface area (Å²) < 4.78 is 3.27. The van der Waals surface area contributed by atoms with Crippen LogP contribution in [0, 0.1) is 0 Å². The van der Waals surface area contributed by atoms with Crippen LogP contribution in [0.25, 0.3) is 5.69 Å². The molecular weight excluding hydrogens is 432 g/mol. The molecular formula is C18H17BrN4OS2. The first kappa shape index (κ1) is 17.8. The smallest absolute Gasteiger partial charge is 0.221 e. The molecule has 0 saturated heterocycles. The summed E-state index contributed by atoms with van der Waals surface area (Å²) in [6.45, 7) is 1.52. The third-order valence-electron chi connectivity index (χ3n) is 4.00. The van der Waals surface area contributed by atoms with Gasteiger partial charge in [-0.05, 0) is 59.1 Å². The molecule has 134 valence electrons. The molecule has 1 saturated carbocycles. The van der Waals surface area contributed by atoms with Crippen LogP contribution in [0.5, 0.6) is 0 Å². The van der Waals surface area contributed by atoms with Crippen LogP contribution in [0.4, 0.5) is 5.69 Å². The number of carbonyl (C=O) groups is 1. The molecule has 0 spiro atoms. The lowest BCUT2D eigenvalue weighted by Crippen LogP contribution is -2.07. The maximum Gasteiger partial charge on any atom is 0.221 e. The second kappa shape index (κ2) is 7.54. The van der Waals surface area contributed by atoms with E-state index in [0.29, 0.717) is 5.92 Å². The first-order valence-electron chi connectivity index (χ1n) is 8.30. The zero-order valence-electron chi connectivity index (χ0n) is 14.1. The largest absolute Gasteiger partial charge is 0.326 e. The van der Waals surface area contributed by atoms with E-state index in [0.717, 1.165) is 44.7 Å². The Labute approximate surface area is 168 Å². The lowest BCUT2D eigenvalue weighted by Gasteiger charge is -2.11. The maximum absolute atomic E-state index is 11.4. The van der Waals surface area contributed by atoms with Gasteiger partial charge in [0.1, 0.15) is 5.82 Å². The van der Waals surface area contributed by atoms with E-state index in [9.17, 15) is 4.79 Å². The summed E-state index contributed by atoms with van der Waals surface area (Å²) in [7, 11) is 0. The van der Waals surface area contributed by atoms with E-state index >= 15 is 0 Å². The molecule has 1 aliphatic carbocycles. The first-order chi connectivity index (χ1) is 12.6. The van der Waals surface area contributed by atoms with Gasteiger partial charge in [0.05, 0.1) is 9.47 Å². The average Bonchev–Trinajstić information content (AvgIpc) is 3.23. The van der Waals surface area contributed by atoms with Crippen LogP contribution in [-0.4, -0.2) is 20.7 Å². The van der Waals surface area contributed by atoms with Crippen molar-refractivity contribution in [3.05, 3.63) is 50.9 Å². The van der Waals surface area contributed by atoms with Crippen molar-refractivity contribution >= 4 is 50.6 Å². The molecule has 0 bridgehead atoms. The number of carbonyl (C=O) groups excluding carboxylic acids is 1. The topological polar surface area (TPSA) is 59.8 Å². The van der Waals surface area contributed by atoms with Gasteiger partial charge in [-0.1, -0.05) is 17.8 Å². The molecule has 0 aliphatic heterocycles. The van der Waals surface area contributed by atoms with E-state index in [4.69, 9.17) is 0 Å². The first-order valence-corrected chi connectivity index (χ1v) is 10.9. The number of thiophene rings is 1. The number of hydrogen-bond donors (Lipinski definition) is 1. The quantitative estimate of drug-likeness (QED) is 0.525. The molecule has 1 aromatic carbocycles. The number of amides is 1. The number of thioether (sulfide) groups is 1. The minimum absolute atomic E-state index is 0.0776. The highest BCUT2D eigenvalue weighted by Crippen LogP contribution is 2.41. The minimum Gasteiger partial charge on any atom is -0.326 e. The van der Waals surface area contributed by atoms with Crippen LogP contribution in [0.15, 0.2) is 45.3 Å². The van der Waals surface area contributed by atoms with Crippen LogP contribution in [0.1, 0.15) is 36.4 Å². The van der Waals surface area contributed by atoms with Crippen molar-refractivity contribution in [3.63, 3.8) is 0 Å². The van der Waals surface area contributed by atoms with E-state index in [1.54, 1.807) is 23.1 Å². The van der Waals surface area contributed by atoms with Gasteiger partial charge in [0.15, 0.2) is 5.16 Å². The summed E-state index contributed by atoms with van der Waals surface area (Å²) >= 11 is 6.93. The van der Waals surface area contributed by atoms with Gasteiger partial charge < -0.3 is 5.32 Å². The molecule has 4 rings (SSSR count). The highest BCUT2D eigenvalue weighted by atomic mass is 79.9. The van der Waals surface area contributed by atoms with E-state index in [-0.39, 0.29) is 5.91 Å². The Hall–Kier alpha value is -1.64. The summed E-state index contributed by atoms with van der Waals surface area (Å²) in [6, 6.07) is 12.0. The van der Waals surface area contributed by atoms with Crippen LogP contribution < -0.4 is 5.32 Å². The Balaban J connectivity index is 1.65. The van der Waals surface area contributed by atoms with Crippen molar-refractivity contribution in [1.82, 2.24) is 14.8 Å². The SMILES string of the molecule is CC(=O)Nc1cccc(-n2c(SCc3ccc(Br)s3)nnc2C2CC2)c1. The van der Waals surface area contributed by atoms with E-state index < -0.39 is 0 Å². The second-order valence-corrected chi connectivity index (χ2v) is 9.67. The van der Waals surface area contributed by atoms with Crippen molar-refractivity contribution in [1.29, 1.82) is 0 Å². The molecule has 0 unspecified atom stereocenters. The Kier molecular flexibility index (Phi) is 5.15. The fourth-order valence-electron chi connectivity index (χ4n) is 2.71. The number of anilines is 1. The number of nitrogens with one attached hydrogen (secondary N) is 1. The van der Waals surface area contributed by atoms with E-state index in [1.807, 2.05) is 24.3 Å². The number of hydrogen-bond acceptors (Lipinski definition) is 5. The Bertz CT molecular complexity index is 948. The van der Waals surface area contributed by atoms with Gasteiger partial charge in [-0.15, -0.1) is 21.5 Å². The van der Waals surface area contributed by atoms with Gasteiger partial charge in [-0.25, -0.2) is 0 Å². The molecule has 1 N–H and O–H groups in total. The van der Waals surface area contributed by atoms with Crippen LogP contribution in [0.3, 0.4) is 0 Å². The summed E-state index contributed by atoms with van der Waals surface area (Å²) in [4.78, 5) is 12.7.